The summed E-state index contributed by atoms with van der Waals surface area (Å²) in [6.45, 7) is 3.30. The van der Waals surface area contributed by atoms with Gasteiger partial charge in [-0.05, 0) is 25.5 Å². The molecule has 0 spiro atoms. The van der Waals surface area contributed by atoms with Crippen molar-refractivity contribution in [1.29, 1.82) is 0 Å². The van der Waals surface area contributed by atoms with Crippen molar-refractivity contribution in [3.63, 3.8) is 0 Å². The molecule has 1 aromatic rings. The van der Waals surface area contributed by atoms with Crippen LogP contribution in [0.15, 0.2) is 30.3 Å². The highest BCUT2D eigenvalue weighted by atomic mass is 16.5. The van der Waals surface area contributed by atoms with E-state index in [1.807, 2.05) is 31.2 Å². The zero-order valence-corrected chi connectivity index (χ0v) is 11.3. The second-order valence-electron chi connectivity index (χ2n) is 4.45. The van der Waals surface area contributed by atoms with Crippen LogP contribution in [0, 0.1) is 6.92 Å². The molecule has 0 saturated heterocycles. The van der Waals surface area contributed by atoms with E-state index in [0.29, 0.717) is 0 Å². The van der Waals surface area contributed by atoms with Crippen LogP contribution in [0.5, 0.6) is 0 Å². The van der Waals surface area contributed by atoms with E-state index in [2.05, 4.69) is 5.32 Å². The summed E-state index contributed by atoms with van der Waals surface area (Å²) in [5.74, 6) is -1.42. The van der Waals surface area contributed by atoms with E-state index < -0.39 is 24.0 Å². The lowest BCUT2D eigenvalue weighted by Gasteiger charge is -2.18. The van der Waals surface area contributed by atoms with Crippen molar-refractivity contribution in [3.05, 3.63) is 41.5 Å². The number of benzene rings is 1. The van der Waals surface area contributed by atoms with Crippen LogP contribution in [0.25, 0.3) is 6.08 Å². The Morgan fingerprint density at radius 1 is 1.25 bits per heavy atom. The maximum atomic E-state index is 11.6. The first kappa shape index (κ1) is 15.9. The predicted molar refractivity (Wildman–Crippen MR) is 73.8 cm³/mol. The number of aliphatic hydroxyl groups excluding tert-OH is 1. The fraction of sp³-hybridized carbons (Fsp3) is 0.286. The van der Waals surface area contributed by atoms with Crippen molar-refractivity contribution in [2.24, 2.45) is 0 Å². The summed E-state index contributed by atoms with van der Waals surface area (Å²) in [7, 11) is 0. The molecule has 6 nitrogen and oxygen atoms in total. The van der Waals surface area contributed by atoms with Crippen LogP contribution >= 0.6 is 0 Å². The Kier molecular flexibility index (Phi) is 5.89. The molecule has 20 heavy (non-hydrogen) atoms. The molecule has 0 heterocycles. The number of hydroxylamine groups is 1. The first-order valence-electron chi connectivity index (χ1n) is 6.11. The first-order chi connectivity index (χ1) is 9.43. The van der Waals surface area contributed by atoms with E-state index in [0.717, 1.165) is 11.1 Å². The molecule has 0 aliphatic rings. The topological polar surface area (TPSA) is 98.7 Å². The van der Waals surface area contributed by atoms with Gasteiger partial charge in [-0.3, -0.25) is 14.8 Å². The summed E-state index contributed by atoms with van der Waals surface area (Å²) >= 11 is 0. The van der Waals surface area contributed by atoms with Gasteiger partial charge in [0.2, 0.25) is 5.91 Å². The van der Waals surface area contributed by atoms with Gasteiger partial charge in [0.1, 0.15) is 6.04 Å². The molecule has 0 aliphatic carbocycles. The number of rotatable bonds is 5. The lowest BCUT2D eigenvalue weighted by molar-refractivity contribution is -0.136. The van der Waals surface area contributed by atoms with Gasteiger partial charge in [-0.15, -0.1) is 0 Å². The third-order valence-electron chi connectivity index (χ3n) is 2.68. The number of hydrogen-bond acceptors (Lipinski definition) is 4. The summed E-state index contributed by atoms with van der Waals surface area (Å²) in [6, 6.07) is 6.32. The maximum absolute atomic E-state index is 11.6. The van der Waals surface area contributed by atoms with Crippen LogP contribution < -0.4 is 10.8 Å². The molecule has 0 unspecified atom stereocenters. The Morgan fingerprint density at radius 3 is 2.35 bits per heavy atom. The number of aliphatic hydroxyl groups is 1. The van der Waals surface area contributed by atoms with Crippen molar-refractivity contribution < 1.29 is 19.9 Å². The number of carbonyl (C=O) groups is 2. The molecule has 108 valence electrons. The highest BCUT2D eigenvalue weighted by Gasteiger charge is 2.24. The summed E-state index contributed by atoms with van der Waals surface area (Å²) in [5.41, 5.74) is 3.34. The summed E-state index contributed by atoms with van der Waals surface area (Å²) in [6.07, 6.45) is 1.72. The van der Waals surface area contributed by atoms with Gasteiger partial charge in [-0.25, -0.2) is 5.48 Å². The van der Waals surface area contributed by atoms with Gasteiger partial charge in [0.25, 0.3) is 5.91 Å². The third kappa shape index (κ3) is 4.83. The van der Waals surface area contributed by atoms with Crippen molar-refractivity contribution in [1.82, 2.24) is 10.8 Å². The Balaban J connectivity index is 2.66. The van der Waals surface area contributed by atoms with Crippen LogP contribution in [0.2, 0.25) is 0 Å². The molecule has 0 fully saturated rings. The molecule has 4 N–H and O–H groups in total. The van der Waals surface area contributed by atoms with E-state index in [4.69, 9.17) is 5.21 Å². The number of nitrogens with one attached hydrogen (secondary N) is 2. The number of carbonyl (C=O) groups excluding carboxylic acids is 2. The molecular weight excluding hydrogens is 260 g/mol. The highest BCUT2D eigenvalue weighted by Crippen LogP contribution is 2.04. The standard InChI is InChI=1S/C14H18N2O4/c1-9-3-5-11(6-4-9)7-8-12(18)15-13(10(2)17)14(19)16-20/h3-8,10,13,17,20H,1-2H3,(H,15,18)(H,16,19)/b8-7+/t10-,13+/m1/s1. The minimum atomic E-state index is -1.21. The predicted octanol–water partition coefficient (Wildman–Crippen LogP) is 0.379. The molecule has 1 rings (SSSR count). The van der Waals surface area contributed by atoms with Crippen molar-refractivity contribution in [3.8, 4) is 0 Å². The minimum Gasteiger partial charge on any atom is -0.391 e. The molecular formula is C14H18N2O4. The molecule has 0 bridgehead atoms. The monoisotopic (exact) mass is 278 g/mol. The third-order valence-corrected chi connectivity index (χ3v) is 2.68. The number of amides is 2. The number of aryl methyl sites for hydroxylation is 1. The van der Waals surface area contributed by atoms with Crippen LogP contribution in [0.3, 0.4) is 0 Å². The maximum Gasteiger partial charge on any atom is 0.268 e. The lowest BCUT2D eigenvalue weighted by atomic mass is 10.1. The van der Waals surface area contributed by atoms with Gasteiger partial charge >= 0.3 is 0 Å². The molecule has 0 radical (unpaired) electrons. The van der Waals surface area contributed by atoms with Crippen LogP contribution in [0.1, 0.15) is 18.1 Å². The van der Waals surface area contributed by atoms with Gasteiger partial charge in [-0.1, -0.05) is 29.8 Å². The average molecular weight is 278 g/mol. The Bertz CT molecular complexity index is 494. The normalized spacial score (nSPS) is 13.8. The average Bonchev–Trinajstić information content (AvgIpc) is 2.43. The molecule has 1 aromatic carbocycles. The SMILES string of the molecule is Cc1ccc(/C=C/C(=O)N[C@H](C(=O)NO)[C@@H](C)O)cc1. The summed E-state index contributed by atoms with van der Waals surface area (Å²) in [4.78, 5) is 22.9. The molecule has 6 heteroatoms. The van der Waals surface area contributed by atoms with E-state index >= 15 is 0 Å². The van der Waals surface area contributed by atoms with Crippen LogP contribution in [-0.2, 0) is 9.59 Å². The molecule has 2 atom stereocenters. The molecule has 0 aromatic heterocycles. The molecule has 2 amide bonds. The highest BCUT2D eigenvalue weighted by molar-refractivity contribution is 5.95. The van der Waals surface area contributed by atoms with E-state index in [-0.39, 0.29) is 0 Å². The fourth-order valence-electron chi connectivity index (χ4n) is 1.53. The van der Waals surface area contributed by atoms with Gasteiger partial charge in [-0.2, -0.15) is 0 Å². The second-order valence-corrected chi connectivity index (χ2v) is 4.45. The van der Waals surface area contributed by atoms with Crippen LogP contribution in [0.4, 0.5) is 0 Å². The Labute approximate surface area is 117 Å². The zero-order chi connectivity index (χ0) is 15.1. The van der Waals surface area contributed by atoms with Crippen molar-refractivity contribution >= 4 is 17.9 Å². The van der Waals surface area contributed by atoms with Gasteiger partial charge in [0, 0.05) is 6.08 Å². The first-order valence-corrected chi connectivity index (χ1v) is 6.11. The minimum absolute atomic E-state index is 0.542. The molecule has 0 aliphatic heterocycles. The van der Waals surface area contributed by atoms with Crippen molar-refractivity contribution in [2.75, 3.05) is 0 Å². The van der Waals surface area contributed by atoms with Gasteiger partial charge in [0.05, 0.1) is 6.10 Å². The van der Waals surface area contributed by atoms with Crippen molar-refractivity contribution in [2.45, 2.75) is 26.0 Å². The van der Waals surface area contributed by atoms with E-state index in [1.165, 1.54) is 18.5 Å². The fourth-order valence-corrected chi connectivity index (χ4v) is 1.53. The lowest BCUT2D eigenvalue weighted by Crippen LogP contribution is -2.51. The van der Waals surface area contributed by atoms with Gasteiger partial charge in [0.15, 0.2) is 0 Å². The number of hydrogen-bond donors (Lipinski definition) is 4. The largest absolute Gasteiger partial charge is 0.391 e. The van der Waals surface area contributed by atoms with E-state index in [1.54, 1.807) is 6.08 Å². The summed E-state index contributed by atoms with van der Waals surface area (Å²) in [5, 5.41) is 20.2. The van der Waals surface area contributed by atoms with Gasteiger partial charge < -0.3 is 10.4 Å². The van der Waals surface area contributed by atoms with E-state index in [9.17, 15) is 14.7 Å². The Hall–Kier alpha value is -2.18. The Morgan fingerprint density at radius 2 is 1.85 bits per heavy atom. The molecule has 0 saturated carbocycles. The zero-order valence-electron chi connectivity index (χ0n) is 11.3. The summed E-state index contributed by atoms with van der Waals surface area (Å²) < 4.78 is 0. The van der Waals surface area contributed by atoms with Crippen LogP contribution in [-0.4, -0.2) is 34.3 Å². The smallest absolute Gasteiger partial charge is 0.268 e. The quantitative estimate of drug-likeness (QED) is 0.355. The second kappa shape index (κ2) is 7.42.